The van der Waals surface area contributed by atoms with Gasteiger partial charge >= 0.3 is 0 Å². The lowest BCUT2D eigenvalue weighted by molar-refractivity contribution is 0.459. The SMILES string of the molecule is c1ccc(Oc2cc(N3CCC(c4cn[nH]c4)CC3)ncn2)cc1. The van der Waals surface area contributed by atoms with Crippen LogP contribution in [0.25, 0.3) is 0 Å². The fourth-order valence-corrected chi connectivity index (χ4v) is 3.09. The fourth-order valence-electron chi connectivity index (χ4n) is 3.09. The minimum absolute atomic E-state index is 0.571. The van der Waals surface area contributed by atoms with Gasteiger partial charge in [-0.05, 0) is 36.5 Å². The van der Waals surface area contributed by atoms with Crippen molar-refractivity contribution in [1.82, 2.24) is 20.2 Å². The summed E-state index contributed by atoms with van der Waals surface area (Å²) >= 11 is 0. The smallest absolute Gasteiger partial charge is 0.224 e. The lowest BCUT2D eigenvalue weighted by Gasteiger charge is -2.32. The predicted octanol–water partition coefficient (Wildman–Crippen LogP) is 3.38. The van der Waals surface area contributed by atoms with E-state index in [1.165, 1.54) is 5.56 Å². The number of para-hydroxylation sites is 1. The summed E-state index contributed by atoms with van der Waals surface area (Å²) in [5, 5.41) is 6.95. The van der Waals surface area contributed by atoms with Crippen LogP contribution < -0.4 is 9.64 Å². The van der Waals surface area contributed by atoms with E-state index in [0.29, 0.717) is 11.8 Å². The molecule has 1 fully saturated rings. The first kappa shape index (κ1) is 14.7. The maximum absolute atomic E-state index is 5.80. The third kappa shape index (κ3) is 3.22. The molecule has 0 spiro atoms. The number of hydrogen-bond acceptors (Lipinski definition) is 5. The molecular formula is C18H19N5O. The van der Waals surface area contributed by atoms with Crippen LogP contribution in [0.3, 0.4) is 0 Å². The van der Waals surface area contributed by atoms with E-state index < -0.39 is 0 Å². The lowest BCUT2D eigenvalue weighted by Crippen LogP contribution is -2.33. The number of ether oxygens (including phenoxy) is 1. The summed E-state index contributed by atoms with van der Waals surface area (Å²) < 4.78 is 5.80. The topological polar surface area (TPSA) is 66.9 Å². The Labute approximate surface area is 140 Å². The summed E-state index contributed by atoms with van der Waals surface area (Å²) in [7, 11) is 0. The van der Waals surface area contributed by atoms with Crippen molar-refractivity contribution in [2.75, 3.05) is 18.0 Å². The maximum Gasteiger partial charge on any atom is 0.224 e. The number of rotatable bonds is 4. The van der Waals surface area contributed by atoms with Gasteiger partial charge in [-0.1, -0.05) is 18.2 Å². The molecule has 3 aromatic rings. The van der Waals surface area contributed by atoms with Crippen molar-refractivity contribution in [2.45, 2.75) is 18.8 Å². The Kier molecular flexibility index (Phi) is 4.10. The first-order valence-electron chi connectivity index (χ1n) is 8.17. The molecule has 0 bridgehead atoms. The van der Waals surface area contributed by atoms with E-state index in [4.69, 9.17) is 4.74 Å². The van der Waals surface area contributed by atoms with Gasteiger partial charge in [0.2, 0.25) is 5.88 Å². The van der Waals surface area contributed by atoms with Gasteiger partial charge in [0.05, 0.1) is 6.20 Å². The van der Waals surface area contributed by atoms with Gasteiger partial charge in [0.1, 0.15) is 17.9 Å². The van der Waals surface area contributed by atoms with Crippen molar-refractivity contribution in [3.05, 3.63) is 60.7 Å². The number of aromatic nitrogens is 4. The normalized spacial score (nSPS) is 15.4. The van der Waals surface area contributed by atoms with Crippen LogP contribution in [0.4, 0.5) is 5.82 Å². The molecule has 0 amide bonds. The molecule has 0 unspecified atom stereocenters. The van der Waals surface area contributed by atoms with Crippen molar-refractivity contribution in [2.24, 2.45) is 0 Å². The summed E-state index contributed by atoms with van der Waals surface area (Å²) in [5.41, 5.74) is 1.30. The number of aromatic amines is 1. The van der Waals surface area contributed by atoms with Crippen LogP contribution in [0.1, 0.15) is 24.3 Å². The Hall–Kier alpha value is -2.89. The molecular weight excluding hydrogens is 302 g/mol. The molecule has 1 saturated heterocycles. The van der Waals surface area contributed by atoms with E-state index in [1.54, 1.807) is 6.33 Å². The number of benzene rings is 1. The molecule has 1 aromatic carbocycles. The zero-order chi connectivity index (χ0) is 16.2. The molecule has 3 heterocycles. The predicted molar refractivity (Wildman–Crippen MR) is 91.3 cm³/mol. The Morgan fingerprint density at radius 3 is 2.67 bits per heavy atom. The van der Waals surface area contributed by atoms with E-state index in [2.05, 4.69) is 25.1 Å². The molecule has 2 aromatic heterocycles. The van der Waals surface area contributed by atoms with Gasteiger partial charge in [-0.15, -0.1) is 0 Å². The third-order valence-corrected chi connectivity index (χ3v) is 4.40. The maximum atomic E-state index is 5.80. The van der Waals surface area contributed by atoms with Gasteiger partial charge in [-0.25, -0.2) is 9.97 Å². The largest absolute Gasteiger partial charge is 0.439 e. The second kappa shape index (κ2) is 6.70. The first-order chi connectivity index (χ1) is 11.9. The van der Waals surface area contributed by atoms with Gasteiger partial charge in [0, 0.05) is 25.4 Å². The van der Waals surface area contributed by atoms with Crippen LogP contribution in [0.5, 0.6) is 11.6 Å². The number of nitrogens with zero attached hydrogens (tertiary/aromatic N) is 4. The molecule has 0 atom stereocenters. The van der Waals surface area contributed by atoms with Gasteiger partial charge in [-0.2, -0.15) is 5.10 Å². The molecule has 0 radical (unpaired) electrons. The molecule has 6 nitrogen and oxygen atoms in total. The van der Waals surface area contributed by atoms with Crippen LogP contribution >= 0.6 is 0 Å². The van der Waals surface area contributed by atoms with E-state index in [9.17, 15) is 0 Å². The average Bonchev–Trinajstić information content (AvgIpc) is 3.18. The minimum atomic E-state index is 0.571. The van der Waals surface area contributed by atoms with Crippen LogP contribution in [0.15, 0.2) is 55.1 Å². The van der Waals surface area contributed by atoms with E-state index >= 15 is 0 Å². The molecule has 6 heteroatoms. The summed E-state index contributed by atoms with van der Waals surface area (Å²) in [6.07, 6.45) is 7.68. The summed E-state index contributed by atoms with van der Waals surface area (Å²) in [4.78, 5) is 10.9. The Morgan fingerprint density at radius 2 is 1.92 bits per heavy atom. The summed E-state index contributed by atoms with van der Waals surface area (Å²) in [5.74, 6) is 2.84. The van der Waals surface area contributed by atoms with E-state index in [-0.39, 0.29) is 0 Å². The molecule has 1 N–H and O–H groups in total. The molecule has 1 aliphatic rings. The van der Waals surface area contributed by atoms with E-state index in [1.807, 2.05) is 48.8 Å². The number of anilines is 1. The lowest BCUT2D eigenvalue weighted by atomic mass is 9.92. The zero-order valence-corrected chi connectivity index (χ0v) is 13.3. The first-order valence-corrected chi connectivity index (χ1v) is 8.17. The number of nitrogens with one attached hydrogen (secondary N) is 1. The number of H-pyrrole nitrogens is 1. The van der Waals surface area contributed by atoms with Crippen molar-refractivity contribution >= 4 is 5.82 Å². The van der Waals surface area contributed by atoms with Crippen LogP contribution in [-0.4, -0.2) is 33.3 Å². The fraction of sp³-hybridized carbons (Fsp3) is 0.278. The Morgan fingerprint density at radius 1 is 1.08 bits per heavy atom. The molecule has 122 valence electrons. The quantitative estimate of drug-likeness (QED) is 0.798. The van der Waals surface area contributed by atoms with Gasteiger partial charge in [-0.3, -0.25) is 5.10 Å². The monoisotopic (exact) mass is 321 g/mol. The highest BCUT2D eigenvalue weighted by Crippen LogP contribution is 2.30. The van der Waals surface area contributed by atoms with Crippen molar-refractivity contribution < 1.29 is 4.74 Å². The summed E-state index contributed by atoms with van der Waals surface area (Å²) in [6.45, 7) is 1.94. The number of hydrogen-bond donors (Lipinski definition) is 1. The average molecular weight is 321 g/mol. The Bertz CT molecular complexity index is 767. The standard InChI is InChI=1S/C18H19N5O/c1-2-4-16(5-3-1)24-18-10-17(19-13-20-18)23-8-6-14(7-9-23)15-11-21-22-12-15/h1-5,10-14H,6-9H2,(H,21,22). The molecule has 4 rings (SSSR count). The summed E-state index contributed by atoms with van der Waals surface area (Å²) in [6, 6.07) is 11.6. The van der Waals surface area contributed by atoms with Gasteiger partial charge in [0.25, 0.3) is 0 Å². The molecule has 0 aliphatic carbocycles. The highest BCUT2D eigenvalue weighted by atomic mass is 16.5. The highest BCUT2D eigenvalue weighted by Gasteiger charge is 2.22. The van der Waals surface area contributed by atoms with Crippen molar-refractivity contribution in [3.63, 3.8) is 0 Å². The van der Waals surface area contributed by atoms with E-state index in [0.717, 1.165) is 37.5 Å². The highest BCUT2D eigenvalue weighted by molar-refractivity contribution is 5.42. The minimum Gasteiger partial charge on any atom is -0.439 e. The van der Waals surface area contributed by atoms with Crippen LogP contribution in [0, 0.1) is 0 Å². The van der Waals surface area contributed by atoms with Crippen molar-refractivity contribution in [1.29, 1.82) is 0 Å². The molecule has 24 heavy (non-hydrogen) atoms. The van der Waals surface area contributed by atoms with Gasteiger partial charge in [0.15, 0.2) is 0 Å². The Balaban J connectivity index is 1.43. The second-order valence-electron chi connectivity index (χ2n) is 5.92. The zero-order valence-electron chi connectivity index (χ0n) is 13.3. The second-order valence-corrected chi connectivity index (χ2v) is 5.92. The van der Waals surface area contributed by atoms with Crippen LogP contribution in [-0.2, 0) is 0 Å². The molecule has 0 saturated carbocycles. The molecule has 1 aliphatic heterocycles. The van der Waals surface area contributed by atoms with Gasteiger partial charge < -0.3 is 9.64 Å². The van der Waals surface area contributed by atoms with Crippen molar-refractivity contribution in [3.8, 4) is 11.6 Å². The third-order valence-electron chi connectivity index (χ3n) is 4.40. The van der Waals surface area contributed by atoms with Crippen LogP contribution in [0.2, 0.25) is 0 Å². The number of piperidine rings is 1.